The molecule has 122 valence electrons. The number of hydrogen-bond acceptors (Lipinski definition) is 6. The highest BCUT2D eigenvalue weighted by atomic mass is 16.5. The number of ether oxygens (including phenoxy) is 1. The first-order chi connectivity index (χ1) is 11.5. The Morgan fingerprint density at radius 2 is 1.96 bits per heavy atom. The van der Waals surface area contributed by atoms with Crippen molar-refractivity contribution in [2.45, 2.75) is 13.3 Å². The Labute approximate surface area is 139 Å². The van der Waals surface area contributed by atoms with Crippen molar-refractivity contribution >= 4 is 23.1 Å². The Balaban J connectivity index is 2.50. The second kappa shape index (κ2) is 7.29. The predicted molar refractivity (Wildman–Crippen MR) is 90.2 cm³/mol. The smallest absolute Gasteiger partial charge is 0.310 e. The molecule has 0 amide bonds. The summed E-state index contributed by atoms with van der Waals surface area (Å²) >= 11 is 0. The Hall–Kier alpha value is -3.33. The van der Waals surface area contributed by atoms with E-state index in [1.54, 1.807) is 37.3 Å². The van der Waals surface area contributed by atoms with Crippen molar-refractivity contribution in [3.05, 3.63) is 58.7 Å². The van der Waals surface area contributed by atoms with Gasteiger partial charge in [0.15, 0.2) is 5.78 Å². The summed E-state index contributed by atoms with van der Waals surface area (Å²) in [6.45, 7) is 1.95. The van der Waals surface area contributed by atoms with Gasteiger partial charge in [0.25, 0.3) is 0 Å². The van der Waals surface area contributed by atoms with Gasteiger partial charge in [-0.25, -0.2) is 0 Å². The summed E-state index contributed by atoms with van der Waals surface area (Å²) in [4.78, 5) is 24.6. The molecule has 0 fully saturated rings. The lowest BCUT2D eigenvalue weighted by molar-refractivity contribution is -0.142. The van der Waals surface area contributed by atoms with Gasteiger partial charge in [-0.15, -0.1) is 0 Å². The van der Waals surface area contributed by atoms with Crippen molar-refractivity contribution in [3.63, 3.8) is 0 Å². The molecule has 0 aliphatic rings. The summed E-state index contributed by atoms with van der Waals surface area (Å²) < 4.78 is 4.93. The van der Waals surface area contributed by atoms with Crippen LogP contribution in [0.5, 0.6) is 0 Å². The van der Waals surface area contributed by atoms with Crippen LogP contribution in [-0.2, 0) is 16.0 Å². The first-order valence-corrected chi connectivity index (χ1v) is 7.35. The summed E-state index contributed by atoms with van der Waals surface area (Å²) in [7, 11) is 0. The Bertz CT molecular complexity index is 838. The van der Waals surface area contributed by atoms with Crippen LogP contribution in [-0.4, -0.2) is 18.4 Å². The summed E-state index contributed by atoms with van der Waals surface area (Å²) in [6, 6.07) is 11.4. The largest absolute Gasteiger partial charge is 0.466 e. The second-order valence-corrected chi connectivity index (χ2v) is 5.11. The Kier molecular flexibility index (Phi) is 5.17. The highest BCUT2D eigenvalue weighted by Gasteiger charge is 2.21. The number of benzene rings is 2. The van der Waals surface area contributed by atoms with E-state index in [0.29, 0.717) is 16.7 Å². The topological polar surface area (TPSA) is 119 Å². The molecule has 0 saturated heterocycles. The lowest BCUT2D eigenvalue weighted by atomic mass is 9.93. The molecule has 2 aromatic carbocycles. The molecule has 0 saturated carbocycles. The van der Waals surface area contributed by atoms with Gasteiger partial charge in [-0.3, -0.25) is 9.59 Å². The molecule has 0 heterocycles. The summed E-state index contributed by atoms with van der Waals surface area (Å²) in [5.41, 5.74) is 13.4. The molecule has 0 aliphatic carbocycles. The number of carbonyl (C=O) groups is 2. The van der Waals surface area contributed by atoms with Gasteiger partial charge >= 0.3 is 5.97 Å². The van der Waals surface area contributed by atoms with Crippen molar-refractivity contribution in [2.24, 2.45) is 0 Å². The van der Waals surface area contributed by atoms with Crippen molar-refractivity contribution in [3.8, 4) is 6.07 Å². The maximum Gasteiger partial charge on any atom is 0.310 e. The van der Waals surface area contributed by atoms with E-state index in [9.17, 15) is 9.59 Å². The average molecular weight is 323 g/mol. The molecule has 2 rings (SSSR count). The van der Waals surface area contributed by atoms with Gasteiger partial charge in [0.2, 0.25) is 0 Å². The number of nitrogens with two attached hydrogens (primary N) is 2. The third-order valence-corrected chi connectivity index (χ3v) is 3.49. The van der Waals surface area contributed by atoms with E-state index in [1.165, 1.54) is 6.07 Å². The standard InChI is InChI=1S/C18H17N3O3/c1-2-24-15(22)9-12-6-7-14(20)17(21)16(12)18(23)13-5-3-4-11(8-13)10-19/h3-8H,2,9,20-21H2,1H3. The number of rotatable bonds is 5. The number of carbonyl (C=O) groups excluding carboxylic acids is 2. The van der Waals surface area contributed by atoms with E-state index in [1.807, 2.05) is 6.07 Å². The van der Waals surface area contributed by atoms with E-state index < -0.39 is 11.8 Å². The van der Waals surface area contributed by atoms with Crippen LogP contribution in [0.4, 0.5) is 11.4 Å². The van der Waals surface area contributed by atoms with E-state index >= 15 is 0 Å². The van der Waals surface area contributed by atoms with Crippen LogP contribution in [0.1, 0.15) is 34.0 Å². The van der Waals surface area contributed by atoms with Gasteiger partial charge in [-0.05, 0) is 30.7 Å². The Morgan fingerprint density at radius 1 is 1.21 bits per heavy atom. The third-order valence-electron chi connectivity index (χ3n) is 3.49. The fourth-order valence-corrected chi connectivity index (χ4v) is 2.34. The first-order valence-electron chi connectivity index (χ1n) is 7.35. The van der Waals surface area contributed by atoms with Crippen molar-refractivity contribution < 1.29 is 14.3 Å². The molecule has 0 atom stereocenters. The average Bonchev–Trinajstić information content (AvgIpc) is 2.58. The number of nitrogen functional groups attached to an aromatic ring is 2. The SMILES string of the molecule is CCOC(=O)Cc1ccc(N)c(N)c1C(=O)c1cccc(C#N)c1. The number of ketones is 1. The van der Waals surface area contributed by atoms with Crippen molar-refractivity contribution in [1.82, 2.24) is 0 Å². The van der Waals surface area contributed by atoms with Gasteiger partial charge in [0, 0.05) is 5.56 Å². The normalized spacial score (nSPS) is 10.0. The third kappa shape index (κ3) is 3.52. The zero-order valence-corrected chi connectivity index (χ0v) is 13.2. The van der Waals surface area contributed by atoms with E-state index in [-0.39, 0.29) is 30.0 Å². The summed E-state index contributed by atoms with van der Waals surface area (Å²) in [5, 5.41) is 8.98. The van der Waals surface area contributed by atoms with Crippen LogP contribution in [0.25, 0.3) is 0 Å². The van der Waals surface area contributed by atoms with Crippen LogP contribution < -0.4 is 11.5 Å². The molecule has 2 aromatic rings. The van der Waals surface area contributed by atoms with E-state index in [2.05, 4.69) is 0 Å². The number of nitrogens with zero attached hydrogens (tertiary/aromatic N) is 1. The van der Waals surface area contributed by atoms with Crippen molar-refractivity contribution in [2.75, 3.05) is 18.1 Å². The molecule has 6 heteroatoms. The number of esters is 1. The van der Waals surface area contributed by atoms with Gasteiger partial charge < -0.3 is 16.2 Å². The molecule has 0 radical (unpaired) electrons. The lowest BCUT2D eigenvalue weighted by Crippen LogP contribution is -2.15. The van der Waals surface area contributed by atoms with E-state index in [0.717, 1.165) is 0 Å². The molecule has 0 unspecified atom stereocenters. The van der Waals surface area contributed by atoms with Gasteiger partial charge in [-0.1, -0.05) is 18.2 Å². The minimum Gasteiger partial charge on any atom is -0.466 e. The van der Waals surface area contributed by atoms with Gasteiger partial charge in [-0.2, -0.15) is 5.26 Å². The van der Waals surface area contributed by atoms with Gasteiger partial charge in [0.05, 0.1) is 41.6 Å². The van der Waals surface area contributed by atoms with Crippen LogP contribution in [0.15, 0.2) is 36.4 Å². The molecular weight excluding hydrogens is 306 g/mol. The highest BCUT2D eigenvalue weighted by Crippen LogP contribution is 2.27. The second-order valence-electron chi connectivity index (χ2n) is 5.11. The molecule has 0 spiro atoms. The zero-order valence-electron chi connectivity index (χ0n) is 13.2. The molecular formula is C18H17N3O3. The molecule has 6 nitrogen and oxygen atoms in total. The summed E-state index contributed by atoms with van der Waals surface area (Å²) in [5.74, 6) is -0.849. The van der Waals surface area contributed by atoms with Crippen molar-refractivity contribution in [1.29, 1.82) is 5.26 Å². The van der Waals surface area contributed by atoms with Crippen LogP contribution in [0.2, 0.25) is 0 Å². The molecule has 0 bridgehead atoms. The fraction of sp³-hybridized carbons (Fsp3) is 0.167. The predicted octanol–water partition coefficient (Wildman–Crippen LogP) is 2.06. The molecule has 4 N–H and O–H groups in total. The number of anilines is 2. The van der Waals surface area contributed by atoms with Gasteiger partial charge in [0.1, 0.15) is 0 Å². The quantitative estimate of drug-likeness (QED) is 0.494. The lowest BCUT2D eigenvalue weighted by Gasteiger charge is -2.13. The fourth-order valence-electron chi connectivity index (χ4n) is 2.34. The molecule has 24 heavy (non-hydrogen) atoms. The maximum atomic E-state index is 12.9. The summed E-state index contributed by atoms with van der Waals surface area (Å²) in [6.07, 6.45) is -0.0860. The zero-order chi connectivity index (χ0) is 17.7. The maximum absolute atomic E-state index is 12.9. The number of hydrogen-bond donors (Lipinski definition) is 2. The monoisotopic (exact) mass is 323 g/mol. The highest BCUT2D eigenvalue weighted by molar-refractivity contribution is 6.14. The van der Waals surface area contributed by atoms with Crippen LogP contribution >= 0.6 is 0 Å². The number of nitriles is 1. The first kappa shape index (κ1) is 17.0. The van der Waals surface area contributed by atoms with E-state index in [4.69, 9.17) is 21.5 Å². The molecule has 0 aliphatic heterocycles. The van der Waals surface area contributed by atoms with Crippen LogP contribution in [0, 0.1) is 11.3 Å². The molecule has 0 aromatic heterocycles. The minimum absolute atomic E-state index is 0.0860. The van der Waals surface area contributed by atoms with Crippen LogP contribution in [0.3, 0.4) is 0 Å². The Morgan fingerprint density at radius 3 is 2.62 bits per heavy atom. The minimum atomic E-state index is -0.457.